The van der Waals surface area contributed by atoms with E-state index >= 15 is 0 Å². The minimum Gasteiger partial charge on any atom is -0.408 e. The fourth-order valence-electron chi connectivity index (χ4n) is 7.05. The van der Waals surface area contributed by atoms with Gasteiger partial charge in [-0.2, -0.15) is 4.67 Å². The van der Waals surface area contributed by atoms with Crippen LogP contribution in [0.25, 0.3) is 43.5 Å². The Hall–Kier alpha value is -3.52. The second kappa shape index (κ2) is 12.0. The molecule has 1 aliphatic carbocycles. The third-order valence-electron chi connectivity index (χ3n) is 9.15. The monoisotopic (exact) mass is 573 g/mol. The summed E-state index contributed by atoms with van der Waals surface area (Å²) in [7, 11) is -1.42. The molecule has 0 aliphatic heterocycles. The third kappa shape index (κ3) is 4.93. The minimum absolute atomic E-state index is 0.289. The van der Waals surface area contributed by atoms with Crippen molar-refractivity contribution in [3.8, 4) is 0 Å². The van der Waals surface area contributed by atoms with Crippen LogP contribution in [-0.2, 0) is 6.42 Å². The highest BCUT2D eigenvalue weighted by Gasteiger charge is 2.36. The third-order valence-corrected chi connectivity index (χ3v) is 10.8. The number of nitrogens with zero attached hydrogens (tertiary/aromatic N) is 1. The molecular formula is C38H40NO2P. The number of hydrogen-bond acceptors (Lipinski definition) is 3. The zero-order valence-corrected chi connectivity index (χ0v) is 25.7. The van der Waals surface area contributed by atoms with E-state index < -0.39 is 8.16 Å². The lowest BCUT2D eigenvalue weighted by Gasteiger charge is -2.34. The molecule has 1 atom stereocenters. The van der Waals surface area contributed by atoms with Gasteiger partial charge in [0.1, 0.15) is 11.2 Å². The smallest absolute Gasteiger partial charge is 0.310 e. The molecule has 7 rings (SSSR count). The molecule has 0 spiro atoms. The molecule has 1 aromatic heterocycles. The van der Waals surface area contributed by atoms with Crippen molar-refractivity contribution in [3.05, 3.63) is 108 Å². The van der Waals surface area contributed by atoms with Crippen LogP contribution in [0.15, 0.2) is 105 Å². The summed E-state index contributed by atoms with van der Waals surface area (Å²) in [6, 6.07) is 35.9. The van der Waals surface area contributed by atoms with Gasteiger partial charge in [0.25, 0.3) is 0 Å². The largest absolute Gasteiger partial charge is 0.408 e. The average Bonchev–Trinajstić information content (AvgIpc) is 3.37. The van der Waals surface area contributed by atoms with Crippen LogP contribution in [0, 0.1) is 0 Å². The molecule has 0 saturated carbocycles. The van der Waals surface area contributed by atoms with E-state index in [-0.39, 0.29) is 6.04 Å². The molecule has 4 heteroatoms. The predicted molar refractivity (Wildman–Crippen MR) is 180 cm³/mol. The lowest BCUT2D eigenvalue weighted by Crippen LogP contribution is -2.35. The molecule has 42 heavy (non-hydrogen) atoms. The maximum Gasteiger partial charge on any atom is 0.310 e. The highest BCUT2D eigenvalue weighted by atomic mass is 31.1. The van der Waals surface area contributed by atoms with E-state index in [1.807, 2.05) is 0 Å². The Morgan fingerprint density at radius 2 is 1.24 bits per heavy atom. The molecule has 5 aromatic carbocycles. The van der Waals surface area contributed by atoms with Gasteiger partial charge in [0.05, 0.1) is 0 Å². The van der Waals surface area contributed by atoms with Gasteiger partial charge in [0.2, 0.25) is 0 Å². The Morgan fingerprint density at radius 1 is 0.690 bits per heavy atom. The van der Waals surface area contributed by atoms with Gasteiger partial charge in [0.15, 0.2) is 0 Å². The van der Waals surface area contributed by atoms with Crippen molar-refractivity contribution in [2.24, 2.45) is 0 Å². The molecule has 3 nitrogen and oxygen atoms in total. The number of unbranched alkanes of at least 4 members (excludes halogenated alkanes) is 2. The quantitative estimate of drug-likeness (QED) is 0.172. The zero-order valence-electron chi connectivity index (χ0n) is 24.8. The summed E-state index contributed by atoms with van der Waals surface area (Å²) in [5, 5.41) is 7.15. The topological polar surface area (TPSA) is 29.5 Å². The Labute approximate surface area is 249 Å². The van der Waals surface area contributed by atoms with Gasteiger partial charge < -0.3 is 8.39 Å². The average molecular weight is 574 g/mol. The van der Waals surface area contributed by atoms with E-state index in [4.69, 9.17) is 8.39 Å². The van der Waals surface area contributed by atoms with Gasteiger partial charge in [-0.15, -0.1) is 0 Å². The highest BCUT2D eigenvalue weighted by Crippen LogP contribution is 2.49. The summed E-state index contributed by atoms with van der Waals surface area (Å²) >= 11 is 0. The van der Waals surface area contributed by atoms with Crippen LogP contribution in [0.3, 0.4) is 0 Å². The zero-order chi connectivity index (χ0) is 28.5. The molecule has 0 N–H and O–H groups in total. The van der Waals surface area contributed by atoms with Gasteiger partial charge in [-0.3, -0.25) is 0 Å². The molecule has 214 valence electrons. The highest BCUT2D eigenvalue weighted by molar-refractivity contribution is 7.39. The Balaban J connectivity index is 1.56. The molecule has 0 fully saturated rings. The lowest BCUT2D eigenvalue weighted by molar-refractivity contribution is 0.443. The first-order valence-electron chi connectivity index (χ1n) is 15.8. The lowest BCUT2D eigenvalue weighted by atomic mass is 9.99. The summed E-state index contributed by atoms with van der Waals surface area (Å²) in [5.74, 6) is 0. The molecule has 0 saturated heterocycles. The molecule has 0 bridgehead atoms. The first kappa shape index (κ1) is 27.3. The molecule has 0 unspecified atom stereocenters. The molecule has 1 aliphatic rings. The van der Waals surface area contributed by atoms with E-state index in [2.05, 4.69) is 116 Å². The number of fused-ring (bicyclic) bond motifs is 8. The molecule has 0 amide bonds. The van der Waals surface area contributed by atoms with Crippen LogP contribution in [0.2, 0.25) is 0 Å². The van der Waals surface area contributed by atoms with Crippen LogP contribution < -0.4 is 4.67 Å². The summed E-state index contributed by atoms with van der Waals surface area (Å²) in [5.41, 5.74) is 4.78. The first-order valence-corrected chi connectivity index (χ1v) is 17.0. The Morgan fingerprint density at radius 3 is 1.83 bits per heavy atom. The summed E-state index contributed by atoms with van der Waals surface area (Å²) < 4.78 is 17.1. The van der Waals surface area contributed by atoms with E-state index in [9.17, 15) is 0 Å². The van der Waals surface area contributed by atoms with Crippen LogP contribution >= 0.6 is 8.16 Å². The van der Waals surface area contributed by atoms with Gasteiger partial charge in [0, 0.05) is 22.9 Å². The van der Waals surface area contributed by atoms with Crippen LogP contribution in [0.1, 0.15) is 76.0 Å². The second-order valence-corrected chi connectivity index (χ2v) is 13.1. The van der Waals surface area contributed by atoms with E-state index in [0.717, 1.165) is 47.6 Å². The number of rotatable bonds is 9. The molecule has 6 aromatic rings. The molecule has 0 radical (unpaired) electrons. The van der Waals surface area contributed by atoms with Crippen molar-refractivity contribution < 1.29 is 8.39 Å². The van der Waals surface area contributed by atoms with Crippen molar-refractivity contribution in [1.82, 2.24) is 0 Å². The maximum absolute atomic E-state index is 7.20. The molecule has 1 heterocycles. The first-order chi connectivity index (χ1) is 20.8. The molecular weight excluding hydrogens is 533 g/mol. The minimum atomic E-state index is -1.42. The van der Waals surface area contributed by atoms with Gasteiger partial charge in [-0.25, -0.2) is 0 Å². The Kier molecular flexibility index (Phi) is 7.80. The maximum atomic E-state index is 7.20. The van der Waals surface area contributed by atoms with E-state index in [1.165, 1.54) is 58.4 Å². The van der Waals surface area contributed by atoms with E-state index in [1.54, 1.807) is 0 Å². The summed E-state index contributed by atoms with van der Waals surface area (Å²) in [6.07, 6.45) is 9.36. The standard InChI is InChI=1S/C38H40NO2P/c1-3-5-16-30(17-6-4-2)39(34-24-21-27-13-7-10-18-31(27)34)42-40-35-25-22-28-14-8-11-19-32(28)37(35)38-33-20-12-9-15-29(33)23-26-36(38)41-42/h7-15,18-20,22-23,25-26,30,34H,3-6,16-17,21,24H2,1-2H3/t34-/m0/s1. The van der Waals surface area contributed by atoms with Crippen LogP contribution in [0.4, 0.5) is 0 Å². The van der Waals surface area contributed by atoms with Crippen molar-refractivity contribution in [2.75, 3.05) is 4.67 Å². The van der Waals surface area contributed by atoms with Gasteiger partial charge in [-0.05, 0) is 70.5 Å². The fourth-order valence-corrected chi connectivity index (χ4v) is 8.88. The van der Waals surface area contributed by atoms with Crippen molar-refractivity contribution >= 4 is 51.6 Å². The number of aryl methyl sites for hydroxylation is 1. The second-order valence-electron chi connectivity index (χ2n) is 11.8. The van der Waals surface area contributed by atoms with Crippen LogP contribution in [-0.4, -0.2) is 6.04 Å². The van der Waals surface area contributed by atoms with E-state index in [0.29, 0.717) is 6.04 Å². The normalized spacial score (nSPS) is 15.0. The fraction of sp³-hybridized carbons (Fsp3) is 0.316. The summed E-state index contributed by atoms with van der Waals surface area (Å²) in [6.45, 7) is 4.61. The number of hydrogen-bond donors (Lipinski definition) is 0. The van der Waals surface area contributed by atoms with Crippen molar-refractivity contribution in [1.29, 1.82) is 0 Å². The van der Waals surface area contributed by atoms with Crippen molar-refractivity contribution in [3.63, 3.8) is 0 Å². The number of benzene rings is 5. The van der Waals surface area contributed by atoms with Crippen LogP contribution in [0.5, 0.6) is 0 Å². The van der Waals surface area contributed by atoms with Gasteiger partial charge >= 0.3 is 8.16 Å². The Bertz CT molecular complexity index is 1800. The van der Waals surface area contributed by atoms with Crippen molar-refractivity contribution in [2.45, 2.75) is 77.3 Å². The SMILES string of the molecule is CCCCC(CCCC)N([C@H]1CCc2ccccc21)p1oc2ccc3ccccc3c2c2c(ccc3ccccc32)o1. The predicted octanol–water partition coefficient (Wildman–Crippen LogP) is 12.0. The summed E-state index contributed by atoms with van der Waals surface area (Å²) in [4.78, 5) is 0. The van der Waals surface area contributed by atoms with Gasteiger partial charge in [-0.1, -0.05) is 124 Å².